The topological polar surface area (TPSA) is 77.8 Å². The Labute approximate surface area is 304 Å². The maximum Gasteiger partial charge on any atom is 0.309 e. The number of hydrogen-bond acceptors (Lipinski definition) is 3. The van der Waals surface area contributed by atoms with Crippen LogP contribution in [0.4, 0.5) is 0 Å². The molecule has 0 saturated heterocycles. The van der Waals surface area contributed by atoms with Gasteiger partial charge in [-0.15, -0.1) is 0 Å². The summed E-state index contributed by atoms with van der Waals surface area (Å²) in [6.07, 6.45) is 35.1. The zero-order valence-electron chi connectivity index (χ0n) is 30.2. The van der Waals surface area contributed by atoms with Crippen molar-refractivity contribution in [2.75, 3.05) is 13.2 Å². The average molecular weight is 745 g/mol. The number of carboxylic acids is 1. The molecule has 0 unspecified atom stereocenters. The molecule has 4 nitrogen and oxygen atoms in total. The quantitative estimate of drug-likeness (QED) is 0.0640. The second-order valence-electron chi connectivity index (χ2n) is 12.7. The fourth-order valence-electron chi connectivity index (χ4n) is 5.46. The van der Waals surface area contributed by atoms with Crippen LogP contribution in [-0.2, 0) is 4.79 Å². The van der Waals surface area contributed by atoms with Gasteiger partial charge in [0.05, 0.1) is 5.41 Å². The summed E-state index contributed by atoms with van der Waals surface area (Å²) < 4.78 is 0. The van der Waals surface area contributed by atoms with E-state index in [4.69, 9.17) is 10.2 Å². The third-order valence-corrected chi connectivity index (χ3v) is 8.50. The number of hydrogen-bond donors (Lipinski definition) is 3. The van der Waals surface area contributed by atoms with Gasteiger partial charge < -0.3 is 15.3 Å². The molecule has 0 aromatic heterocycles. The van der Waals surface area contributed by atoms with Crippen molar-refractivity contribution >= 4 is 5.97 Å². The van der Waals surface area contributed by atoms with E-state index in [0.717, 1.165) is 64.2 Å². The van der Waals surface area contributed by atoms with Gasteiger partial charge in [-0.25, -0.2) is 0 Å². The van der Waals surface area contributed by atoms with Crippen LogP contribution in [0.5, 0.6) is 0 Å². The monoisotopic (exact) mass is 743 g/mol. The minimum atomic E-state index is -0.548. The van der Waals surface area contributed by atoms with Crippen LogP contribution in [0.25, 0.3) is 0 Å². The molecule has 0 atom stereocenters. The molecule has 5 heteroatoms. The molecule has 0 aliphatic heterocycles. The summed E-state index contributed by atoms with van der Waals surface area (Å²) in [6.45, 7) is 11.8. The second-order valence-corrected chi connectivity index (χ2v) is 12.7. The van der Waals surface area contributed by atoms with Gasteiger partial charge in [-0.1, -0.05) is 189 Å². The summed E-state index contributed by atoms with van der Waals surface area (Å²) in [4.78, 5) is 11.8. The predicted molar refractivity (Wildman–Crippen MR) is 187 cm³/mol. The Kier molecular flexibility index (Phi) is 52.8. The van der Waals surface area contributed by atoms with Crippen molar-refractivity contribution in [3.63, 3.8) is 0 Å². The Morgan fingerprint density at radius 2 is 0.628 bits per heavy atom. The summed E-state index contributed by atoms with van der Waals surface area (Å²) in [6, 6.07) is 0. The molecule has 0 fully saturated rings. The van der Waals surface area contributed by atoms with Crippen molar-refractivity contribution in [1.82, 2.24) is 0 Å². The Hall–Kier alpha value is 0.741. The van der Waals surface area contributed by atoms with E-state index < -0.39 is 11.4 Å². The van der Waals surface area contributed by atoms with Crippen LogP contribution in [-0.4, -0.2) is 34.5 Å². The van der Waals surface area contributed by atoms with Gasteiger partial charge >= 0.3 is 5.97 Å². The van der Waals surface area contributed by atoms with Gasteiger partial charge in [0.25, 0.3) is 0 Å². The van der Waals surface area contributed by atoms with Gasteiger partial charge in [0, 0.05) is 54.1 Å². The fourth-order valence-corrected chi connectivity index (χ4v) is 5.46. The maximum absolute atomic E-state index is 11.8. The number of aliphatic hydroxyl groups is 2. The molecule has 0 rings (SSSR count). The van der Waals surface area contributed by atoms with E-state index in [9.17, 15) is 9.90 Å². The molecule has 260 valence electrons. The number of rotatable bonds is 30. The Balaban J connectivity index is -0.000000283. The molecule has 43 heavy (non-hydrogen) atoms. The molecule has 0 saturated carbocycles. The van der Waals surface area contributed by atoms with E-state index in [0.29, 0.717) is 13.2 Å². The Morgan fingerprint density at radius 3 is 0.884 bits per heavy atom. The Morgan fingerprint density at radius 1 is 0.395 bits per heavy atom. The summed E-state index contributed by atoms with van der Waals surface area (Å²) in [5.74, 6) is -0.548. The van der Waals surface area contributed by atoms with Gasteiger partial charge in [-0.05, 0) is 32.1 Å². The van der Waals surface area contributed by atoms with E-state index >= 15 is 0 Å². The van der Waals surface area contributed by atoms with E-state index in [2.05, 4.69) is 34.6 Å². The first-order chi connectivity index (χ1) is 20.5. The zero-order chi connectivity index (χ0) is 32.0. The molecule has 0 heterocycles. The van der Waals surface area contributed by atoms with Gasteiger partial charge in [-0.2, -0.15) is 0 Å². The molecule has 3 N–H and O–H groups in total. The van der Waals surface area contributed by atoms with Crippen molar-refractivity contribution in [3.8, 4) is 0 Å². The summed E-state index contributed by atoms with van der Waals surface area (Å²) >= 11 is 0. The molecule has 0 amide bonds. The van der Waals surface area contributed by atoms with Crippen molar-refractivity contribution < 1.29 is 61.0 Å². The van der Waals surface area contributed by atoms with Crippen molar-refractivity contribution in [3.05, 3.63) is 0 Å². The number of carboxylic acid groups (broad SMARTS) is 1. The van der Waals surface area contributed by atoms with Gasteiger partial charge in [-0.3, -0.25) is 4.79 Å². The van der Waals surface area contributed by atoms with E-state index in [1.54, 1.807) is 0 Å². The van der Waals surface area contributed by atoms with Gasteiger partial charge in [0.2, 0.25) is 0 Å². The summed E-state index contributed by atoms with van der Waals surface area (Å²) in [7, 11) is 0. The largest absolute Gasteiger partial charge is 0.481 e. The molecular formula is C38H80NdO4. The average Bonchev–Trinajstić information content (AvgIpc) is 2.99. The van der Waals surface area contributed by atoms with Crippen molar-refractivity contribution in [2.24, 2.45) is 5.41 Å². The van der Waals surface area contributed by atoms with Crippen LogP contribution in [0.2, 0.25) is 0 Å². The third kappa shape index (κ3) is 40.7. The van der Waals surface area contributed by atoms with Crippen LogP contribution >= 0.6 is 0 Å². The van der Waals surface area contributed by atoms with Crippen LogP contribution in [0, 0.1) is 46.3 Å². The van der Waals surface area contributed by atoms with Crippen LogP contribution in [0.1, 0.15) is 221 Å². The van der Waals surface area contributed by atoms with E-state index in [-0.39, 0.29) is 40.8 Å². The molecule has 0 aliphatic rings. The first-order valence-electron chi connectivity index (χ1n) is 18.9. The first-order valence-corrected chi connectivity index (χ1v) is 18.9. The molecule has 0 aromatic rings. The predicted octanol–water partition coefficient (Wildman–Crippen LogP) is 12.4. The SMILES string of the molecule is CCCCCCCCC(CCCC)(CCCC)C(=O)O.CCCCCCCCCCO.CCCCCCCCCCO.[Nd]. The van der Waals surface area contributed by atoms with E-state index in [1.807, 2.05) is 0 Å². The van der Waals surface area contributed by atoms with Gasteiger partial charge in [0.1, 0.15) is 0 Å². The van der Waals surface area contributed by atoms with Crippen LogP contribution in [0.15, 0.2) is 0 Å². The Bertz CT molecular complexity index is 445. The maximum atomic E-state index is 11.8. The molecule has 0 aromatic carbocycles. The number of carbonyl (C=O) groups is 1. The molecule has 0 spiro atoms. The van der Waals surface area contributed by atoms with E-state index in [1.165, 1.54) is 122 Å². The molecule has 0 radical (unpaired) electrons. The second kappa shape index (κ2) is 44.9. The fraction of sp³-hybridized carbons (Fsp3) is 0.974. The molecular weight excluding hydrogens is 665 g/mol. The normalized spacial score (nSPS) is 10.8. The van der Waals surface area contributed by atoms with Crippen molar-refractivity contribution in [1.29, 1.82) is 0 Å². The standard InChI is InChI=1S/C18H36O2.2C10H22O.Nd/c1-4-7-10-11-12-13-16-18(17(19)20,14-8-5-2)15-9-6-3;2*1-2-3-4-5-6-7-8-9-10-11;/h4-16H2,1-3H3,(H,19,20);2*11H,2-10H2,1H3;. The first kappa shape index (κ1) is 50.6. The smallest absolute Gasteiger partial charge is 0.309 e. The number of unbranched alkanes of at least 4 members (excludes halogenated alkanes) is 21. The van der Waals surface area contributed by atoms with Crippen LogP contribution < -0.4 is 0 Å². The molecule has 0 aliphatic carbocycles. The third-order valence-electron chi connectivity index (χ3n) is 8.50. The minimum absolute atomic E-state index is 0. The van der Waals surface area contributed by atoms with Gasteiger partial charge in [0.15, 0.2) is 0 Å². The summed E-state index contributed by atoms with van der Waals surface area (Å²) in [5.41, 5.74) is -0.434. The van der Waals surface area contributed by atoms with Crippen molar-refractivity contribution in [2.45, 2.75) is 221 Å². The number of aliphatic hydroxyl groups excluding tert-OH is 2. The molecule has 0 bridgehead atoms. The number of aliphatic carboxylic acids is 1. The summed E-state index contributed by atoms with van der Waals surface area (Å²) in [5, 5.41) is 26.7. The minimum Gasteiger partial charge on any atom is -0.481 e. The zero-order valence-corrected chi connectivity index (χ0v) is 33.4. The van der Waals surface area contributed by atoms with Crippen LogP contribution in [0.3, 0.4) is 0 Å².